The fourth-order valence-electron chi connectivity index (χ4n) is 1.76. The SMILES string of the molecule is CCNCc1ccc(-c2ccc(OC)nc2)cc1. The lowest BCUT2D eigenvalue weighted by Gasteiger charge is -2.05. The summed E-state index contributed by atoms with van der Waals surface area (Å²) < 4.78 is 5.05. The molecule has 0 radical (unpaired) electrons. The molecular weight excluding hydrogens is 224 g/mol. The Morgan fingerprint density at radius 1 is 1.06 bits per heavy atom. The van der Waals surface area contributed by atoms with Crippen LogP contribution >= 0.6 is 0 Å². The number of nitrogens with zero attached hydrogens (tertiary/aromatic N) is 1. The largest absolute Gasteiger partial charge is 0.481 e. The second-order valence-electron chi connectivity index (χ2n) is 4.07. The van der Waals surface area contributed by atoms with E-state index in [1.807, 2.05) is 18.3 Å². The lowest BCUT2D eigenvalue weighted by molar-refractivity contribution is 0.398. The van der Waals surface area contributed by atoms with Crippen molar-refractivity contribution in [1.82, 2.24) is 10.3 Å². The van der Waals surface area contributed by atoms with Gasteiger partial charge in [-0.3, -0.25) is 0 Å². The fourth-order valence-corrected chi connectivity index (χ4v) is 1.76. The first-order chi connectivity index (χ1) is 8.83. The zero-order chi connectivity index (χ0) is 12.8. The molecule has 0 saturated carbocycles. The van der Waals surface area contributed by atoms with Crippen LogP contribution in [0.15, 0.2) is 42.6 Å². The maximum Gasteiger partial charge on any atom is 0.212 e. The van der Waals surface area contributed by atoms with Crippen molar-refractivity contribution >= 4 is 0 Å². The van der Waals surface area contributed by atoms with Gasteiger partial charge in [0.1, 0.15) is 0 Å². The van der Waals surface area contributed by atoms with Crippen LogP contribution in [0, 0.1) is 0 Å². The number of rotatable bonds is 5. The van der Waals surface area contributed by atoms with Crippen LogP contribution in [-0.2, 0) is 6.54 Å². The Balaban J connectivity index is 2.12. The average Bonchev–Trinajstić information content (AvgIpc) is 2.46. The minimum Gasteiger partial charge on any atom is -0.481 e. The van der Waals surface area contributed by atoms with Gasteiger partial charge in [-0.15, -0.1) is 0 Å². The Morgan fingerprint density at radius 2 is 1.78 bits per heavy atom. The minimum atomic E-state index is 0.641. The molecule has 3 nitrogen and oxygen atoms in total. The first-order valence-electron chi connectivity index (χ1n) is 6.13. The Hall–Kier alpha value is -1.87. The van der Waals surface area contributed by atoms with E-state index in [-0.39, 0.29) is 0 Å². The van der Waals surface area contributed by atoms with E-state index in [1.165, 1.54) is 11.1 Å². The van der Waals surface area contributed by atoms with Crippen LogP contribution in [0.4, 0.5) is 0 Å². The van der Waals surface area contributed by atoms with E-state index in [0.29, 0.717) is 5.88 Å². The Morgan fingerprint density at radius 3 is 2.33 bits per heavy atom. The van der Waals surface area contributed by atoms with Crippen LogP contribution in [-0.4, -0.2) is 18.6 Å². The predicted octanol–water partition coefficient (Wildman–Crippen LogP) is 2.87. The van der Waals surface area contributed by atoms with Crippen molar-refractivity contribution in [2.75, 3.05) is 13.7 Å². The van der Waals surface area contributed by atoms with Crippen LogP contribution < -0.4 is 10.1 Å². The lowest BCUT2D eigenvalue weighted by atomic mass is 10.1. The van der Waals surface area contributed by atoms with Crippen molar-refractivity contribution in [2.24, 2.45) is 0 Å². The van der Waals surface area contributed by atoms with E-state index in [4.69, 9.17) is 4.74 Å². The third-order valence-electron chi connectivity index (χ3n) is 2.81. The Labute approximate surface area is 108 Å². The topological polar surface area (TPSA) is 34.1 Å². The first-order valence-corrected chi connectivity index (χ1v) is 6.13. The smallest absolute Gasteiger partial charge is 0.212 e. The van der Waals surface area contributed by atoms with E-state index < -0.39 is 0 Å². The molecule has 0 bridgehead atoms. The number of nitrogens with one attached hydrogen (secondary N) is 1. The van der Waals surface area contributed by atoms with Gasteiger partial charge >= 0.3 is 0 Å². The number of methoxy groups -OCH3 is 1. The number of ether oxygens (including phenoxy) is 1. The van der Waals surface area contributed by atoms with Gasteiger partial charge in [0.25, 0.3) is 0 Å². The minimum absolute atomic E-state index is 0.641. The normalized spacial score (nSPS) is 10.3. The second kappa shape index (κ2) is 6.17. The molecule has 1 N–H and O–H groups in total. The summed E-state index contributed by atoms with van der Waals surface area (Å²) in [6.07, 6.45) is 1.83. The highest BCUT2D eigenvalue weighted by atomic mass is 16.5. The van der Waals surface area contributed by atoms with Crippen molar-refractivity contribution in [3.8, 4) is 17.0 Å². The molecule has 2 aromatic rings. The molecule has 1 aromatic heterocycles. The van der Waals surface area contributed by atoms with E-state index in [0.717, 1.165) is 18.7 Å². The quantitative estimate of drug-likeness (QED) is 0.875. The molecule has 0 aliphatic heterocycles. The molecule has 0 amide bonds. The standard InChI is InChI=1S/C15H18N2O/c1-3-16-10-12-4-6-13(7-5-12)14-8-9-15(18-2)17-11-14/h4-9,11,16H,3,10H2,1-2H3. The van der Waals surface area contributed by atoms with Crippen molar-refractivity contribution in [3.05, 3.63) is 48.2 Å². The number of pyridine rings is 1. The van der Waals surface area contributed by atoms with Crippen molar-refractivity contribution in [1.29, 1.82) is 0 Å². The Kier molecular flexibility index (Phi) is 4.31. The van der Waals surface area contributed by atoms with Crippen LogP contribution in [0.1, 0.15) is 12.5 Å². The Bertz CT molecular complexity index is 477. The van der Waals surface area contributed by atoms with Gasteiger partial charge in [0.2, 0.25) is 5.88 Å². The van der Waals surface area contributed by atoms with E-state index in [9.17, 15) is 0 Å². The number of benzene rings is 1. The summed E-state index contributed by atoms with van der Waals surface area (Å²) in [5.74, 6) is 0.641. The molecule has 0 spiro atoms. The summed E-state index contributed by atoms with van der Waals surface area (Å²) >= 11 is 0. The fraction of sp³-hybridized carbons (Fsp3) is 0.267. The molecule has 0 atom stereocenters. The highest BCUT2D eigenvalue weighted by molar-refractivity contribution is 5.62. The molecule has 0 fully saturated rings. The van der Waals surface area contributed by atoms with Crippen LogP contribution in [0.3, 0.4) is 0 Å². The van der Waals surface area contributed by atoms with Gasteiger partial charge in [-0.25, -0.2) is 4.98 Å². The number of hydrogen-bond donors (Lipinski definition) is 1. The van der Waals surface area contributed by atoms with E-state index in [2.05, 4.69) is 41.5 Å². The first kappa shape index (κ1) is 12.6. The van der Waals surface area contributed by atoms with Crippen molar-refractivity contribution in [2.45, 2.75) is 13.5 Å². The van der Waals surface area contributed by atoms with Gasteiger partial charge in [0, 0.05) is 24.4 Å². The van der Waals surface area contributed by atoms with Gasteiger partial charge in [0.05, 0.1) is 7.11 Å². The molecule has 0 unspecified atom stereocenters. The maximum absolute atomic E-state index is 5.05. The predicted molar refractivity (Wildman–Crippen MR) is 73.6 cm³/mol. The van der Waals surface area contributed by atoms with Gasteiger partial charge in [0.15, 0.2) is 0 Å². The van der Waals surface area contributed by atoms with Crippen LogP contribution in [0.25, 0.3) is 11.1 Å². The average molecular weight is 242 g/mol. The molecule has 0 aliphatic carbocycles. The summed E-state index contributed by atoms with van der Waals surface area (Å²) in [4.78, 5) is 4.21. The molecule has 0 saturated heterocycles. The highest BCUT2D eigenvalue weighted by Gasteiger charge is 1.99. The third kappa shape index (κ3) is 3.08. The molecule has 0 aliphatic rings. The van der Waals surface area contributed by atoms with Gasteiger partial charge in [-0.1, -0.05) is 31.2 Å². The lowest BCUT2D eigenvalue weighted by Crippen LogP contribution is -2.11. The molecule has 2 rings (SSSR count). The summed E-state index contributed by atoms with van der Waals surface area (Å²) in [7, 11) is 1.62. The van der Waals surface area contributed by atoms with Gasteiger partial charge in [-0.2, -0.15) is 0 Å². The summed E-state index contributed by atoms with van der Waals surface area (Å²) in [6, 6.07) is 12.4. The third-order valence-corrected chi connectivity index (χ3v) is 2.81. The maximum atomic E-state index is 5.05. The zero-order valence-electron chi connectivity index (χ0n) is 10.8. The van der Waals surface area contributed by atoms with E-state index in [1.54, 1.807) is 7.11 Å². The van der Waals surface area contributed by atoms with Gasteiger partial charge < -0.3 is 10.1 Å². The second-order valence-corrected chi connectivity index (χ2v) is 4.07. The van der Waals surface area contributed by atoms with Crippen LogP contribution in [0.2, 0.25) is 0 Å². The van der Waals surface area contributed by atoms with Crippen molar-refractivity contribution in [3.63, 3.8) is 0 Å². The highest BCUT2D eigenvalue weighted by Crippen LogP contribution is 2.20. The molecule has 1 aromatic carbocycles. The number of hydrogen-bond acceptors (Lipinski definition) is 3. The molecule has 18 heavy (non-hydrogen) atoms. The van der Waals surface area contributed by atoms with Gasteiger partial charge in [-0.05, 0) is 23.7 Å². The summed E-state index contributed by atoms with van der Waals surface area (Å²) in [5.41, 5.74) is 3.57. The molecule has 1 heterocycles. The molecule has 94 valence electrons. The van der Waals surface area contributed by atoms with Crippen LogP contribution in [0.5, 0.6) is 5.88 Å². The summed E-state index contributed by atoms with van der Waals surface area (Å²) in [6.45, 7) is 4.01. The van der Waals surface area contributed by atoms with E-state index >= 15 is 0 Å². The van der Waals surface area contributed by atoms with Crippen molar-refractivity contribution < 1.29 is 4.74 Å². The summed E-state index contributed by atoms with van der Waals surface area (Å²) in [5, 5.41) is 3.31. The molecular formula is C15H18N2O. The zero-order valence-corrected chi connectivity index (χ0v) is 10.8. The number of aromatic nitrogens is 1. The molecule has 3 heteroatoms. The monoisotopic (exact) mass is 242 g/mol.